The highest BCUT2D eigenvalue weighted by molar-refractivity contribution is 4.92. The molecule has 2 heteroatoms. The van der Waals surface area contributed by atoms with Crippen LogP contribution in [-0.4, -0.2) is 37.7 Å². The fourth-order valence-corrected chi connectivity index (χ4v) is 2.72. The second-order valence-electron chi connectivity index (χ2n) is 5.38. The van der Waals surface area contributed by atoms with Crippen LogP contribution in [0.1, 0.15) is 45.4 Å². The van der Waals surface area contributed by atoms with Gasteiger partial charge in [0.15, 0.2) is 0 Å². The third kappa shape index (κ3) is 2.94. The summed E-state index contributed by atoms with van der Waals surface area (Å²) >= 11 is 0. The molecule has 0 aromatic carbocycles. The summed E-state index contributed by atoms with van der Waals surface area (Å²) in [5, 5.41) is 0. The summed E-state index contributed by atoms with van der Waals surface area (Å²) in [5.41, 5.74) is 0.762. The van der Waals surface area contributed by atoms with Crippen LogP contribution in [0.15, 0.2) is 0 Å². The van der Waals surface area contributed by atoms with Gasteiger partial charge in [0.05, 0.1) is 6.10 Å². The Morgan fingerprint density at radius 2 is 1.93 bits per heavy atom. The average molecular weight is 211 g/mol. The minimum absolute atomic E-state index is 0.530. The van der Waals surface area contributed by atoms with E-state index in [4.69, 9.17) is 4.74 Å². The van der Waals surface area contributed by atoms with Crippen LogP contribution in [0.25, 0.3) is 0 Å². The van der Waals surface area contributed by atoms with Crippen LogP contribution < -0.4 is 0 Å². The van der Waals surface area contributed by atoms with Gasteiger partial charge >= 0.3 is 0 Å². The molecule has 1 heterocycles. The lowest BCUT2D eigenvalue weighted by molar-refractivity contribution is 0.0391. The lowest BCUT2D eigenvalue weighted by Crippen LogP contribution is -2.37. The molecular formula is C13H25NO. The van der Waals surface area contributed by atoms with E-state index in [1.165, 1.54) is 58.2 Å². The molecule has 15 heavy (non-hydrogen) atoms. The fraction of sp³-hybridized carbons (Fsp3) is 1.00. The van der Waals surface area contributed by atoms with Gasteiger partial charge in [-0.15, -0.1) is 0 Å². The van der Waals surface area contributed by atoms with E-state index in [0.717, 1.165) is 5.41 Å². The Hall–Kier alpha value is -0.0800. The van der Waals surface area contributed by atoms with Crippen molar-refractivity contribution in [1.29, 1.82) is 0 Å². The van der Waals surface area contributed by atoms with Crippen molar-refractivity contribution in [2.24, 2.45) is 5.41 Å². The number of nitrogens with zero attached hydrogens (tertiary/aromatic N) is 1. The second kappa shape index (κ2) is 4.84. The van der Waals surface area contributed by atoms with E-state index >= 15 is 0 Å². The van der Waals surface area contributed by atoms with Gasteiger partial charge in [-0.05, 0) is 44.1 Å². The van der Waals surface area contributed by atoms with E-state index in [2.05, 4.69) is 11.8 Å². The van der Waals surface area contributed by atoms with Gasteiger partial charge < -0.3 is 9.64 Å². The maximum atomic E-state index is 5.39. The molecule has 1 aliphatic carbocycles. The van der Waals surface area contributed by atoms with E-state index in [1.807, 2.05) is 7.11 Å². The molecule has 0 spiro atoms. The molecule has 2 fully saturated rings. The maximum Gasteiger partial charge on any atom is 0.0595 e. The lowest BCUT2D eigenvalue weighted by Gasteiger charge is -2.32. The summed E-state index contributed by atoms with van der Waals surface area (Å²) in [7, 11) is 1.84. The van der Waals surface area contributed by atoms with Crippen LogP contribution in [0.3, 0.4) is 0 Å². The molecule has 2 aliphatic rings. The van der Waals surface area contributed by atoms with Crippen LogP contribution in [0.2, 0.25) is 0 Å². The van der Waals surface area contributed by atoms with Crippen molar-refractivity contribution in [3.05, 3.63) is 0 Å². The zero-order valence-corrected chi connectivity index (χ0v) is 10.3. The number of hydrogen-bond acceptors (Lipinski definition) is 2. The summed E-state index contributed by atoms with van der Waals surface area (Å²) in [6.07, 6.45) is 8.78. The summed E-state index contributed by atoms with van der Waals surface area (Å²) in [6.45, 7) is 6.17. The van der Waals surface area contributed by atoms with Crippen molar-refractivity contribution in [2.75, 3.05) is 26.7 Å². The highest BCUT2D eigenvalue weighted by Gasteiger charge is 2.40. The smallest absolute Gasteiger partial charge is 0.0595 e. The van der Waals surface area contributed by atoms with Crippen molar-refractivity contribution < 1.29 is 4.74 Å². The van der Waals surface area contributed by atoms with Gasteiger partial charge in [-0.3, -0.25) is 0 Å². The van der Waals surface area contributed by atoms with Gasteiger partial charge in [-0.2, -0.15) is 0 Å². The highest BCUT2D eigenvalue weighted by Crippen LogP contribution is 2.51. The molecule has 88 valence electrons. The van der Waals surface area contributed by atoms with Crippen molar-refractivity contribution in [2.45, 2.75) is 51.6 Å². The second-order valence-corrected chi connectivity index (χ2v) is 5.38. The first-order valence-electron chi connectivity index (χ1n) is 6.53. The summed E-state index contributed by atoms with van der Waals surface area (Å²) in [4.78, 5) is 2.63. The van der Waals surface area contributed by atoms with Crippen LogP contribution >= 0.6 is 0 Å². The minimum Gasteiger partial charge on any atom is -0.381 e. The Labute approximate surface area is 94.0 Å². The van der Waals surface area contributed by atoms with Gasteiger partial charge in [-0.25, -0.2) is 0 Å². The molecule has 0 aromatic rings. The quantitative estimate of drug-likeness (QED) is 0.693. The lowest BCUT2D eigenvalue weighted by atomic mass is 9.98. The van der Waals surface area contributed by atoms with Crippen LogP contribution in [0, 0.1) is 5.41 Å². The first-order valence-corrected chi connectivity index (χ1v) is 6.53. The van der Waals surface area contributed by atoms with E-state index in [9.17, 15) is 0 Å². The summed E-state index contributed by atoms with van der Waals surface area (Å²) in [5.74, 6) is 0. The highest BCUT2D eigenvalue weighted by atomic mass is 16.5. The molecule has 0 amide bonds. The van der Waals surface area contributed by atoms with Gasteiger partial charge in [0.1, 0.15) is 0 Å². The molecule has 2 rings (SSSR count). The topological polar surface area (TPSA) is 12.5 Å². The molecule has 2 nitrogen and oxygen atoms in total. The third-order valence-corrected chi connectivity index (χ3v) is 4.53. The first-order chi connectivity index (χ1) is 7.28. The maximum absolute atomic E-state index is 5.39. The minimum atomic E-state index is 0.530. The first kappa shape index (κ1) is 11.4. The third-order valence-electron chi connectivity index (χ3n) is 4.53. The van der Waals surface area contributed by atoms with Gasteiger partial charge in [-0.1, -0.05) is 13.3 Å². The van der Waals surface area contributed by atoms with E-state index < -0.39 is 0 Å². The van der Waals surface area contributed by atoms with E-state index in [0.29, 0.717) is 6.10 Å². The molecule has 0 N–H and O–H groups in total. The number of rotatable bonds is 5. The normalized spacial score (nSPS) is 26.8. The van der Waals surface area contributed by atoms with E-state index in [-0.39, 0.29) is 0 Å². The molecule has 1 saturated carbocycles. The Morgan fingerprint density at radius 1 is 1.27 bits per heavy atom. The predicted molar refractivity (Wildman–Crippen MR) is 63.0 cm³/mol. The average Bonchev–Trinajstić information content (AvgIpc) is 3.08. The molecular weight excluding hydrogens is 186 g/mol. The Morgan fingerprint density at radius 3 is 2.40 bits per heavy atom. The van der Waals surface area contributed by atoms with Gasteiger partial charge in [0, 0.05) is 20.2 Å². The molecule has 0 bridgehead atoms. The monoisotopic (exact) mass is 211 g/mol. The fourth-order valence-electron chi connectivity index (χ4n) is 2.72. The van der Waals surface area contributed by atoms with Gasteiger partial charge in [0.25, 0.3) is 0 Å². The number of piperidine rings is 1. The van der Waals surface area contributed by atoms with Gasteiger partial charge in [0.2, 0.25) is 0 Å². The Kier molecular flexibility index (Phi) is 3.68. The number of hydrogen-bond donors (Lipinski definition) is 0. The van der Waals surface area contributed by atoms with Crippen LogP contribution in [0.4, 0.5) is 0 Å². The van der Waals surface area contributed by atoms with Crippen molar-refractivity contribution in [3.8, 4) is 0 Å². The largest absolute Gasteiger partial charge is 0.381 e. The molecule has 0 radical (unpaired) electrons. The standard InChI is InChI=1S/C13H25NO/c1-3-13(6-7-13)8-11-14-9-4-12(15-2)5-10-14/h12H,3-11H2,1-2H3. The summed E-state index contributed by atoms with van der Waals surface area (Å²) < 4.78 is 5.39. The zero-order valence-electron chi connectivity index (χ0n) is 10.3. The molecule has 0 aromatic heterocycles. The summed E-state index contributed by atoms with van der Waals surface area (Å²) in [6, 6.07) is 0. The molecule has 1 aliphatic heterocycles. The van der Waals surface area contributed by atoms with Crippen molar-refractivity contribution in [1.82, 2.24) is 4.90 Å². The SMILES string of the molecule is CCC1(CCN2CCC(OC)CC2)CC1. The Bertz CT molecular complexity index is 193. The van der Waals surface area contributed by atoms with E-state index in [1.54, 1.807) is 0 Å². The molecule has 0 unspecified atom stereocenters. The molecule has 1 saturated heterocycles. The zero-order chi connectivity index (χ0) is 10.7. The Balaban J connectivity index is 1.64. The van der Waals surface area contributed by atoms with Crippen molar-refractivity contribution >= 4 is 0 Å². The van der Waals surface area contributed by atoms with Crippen molar-refractivity contribution in [3.63, 3.8) is 0 Å². The number of ether oxygens (including phenoxy) is 1. The number of methoxy groups -OCH3 is 1. The molecule has 0 atom stereocenters. The van der Waals surface area contributed by atoms with Crippen LogP contribution in [0.5, 0.6) is 0 Å². The van der Waals surface area contributed by atoms with Crippen LogP contribution in [-0.2, 0) is 4.74 Å². The predicted octanol–water partition coefficient (Wildman–Crippen LogP) is 2.68. The number of likely N-dealkylation sites (tertiary alicyclic amines) is 1.